The lowest BCUT2D eigenvalue weighted by molar-refractivity contribution is -0.145. The zero-order valence-electron chi connectivity index (χ0n) is 13.6. The Morgan fingerprint density at radius 1 is 1.20 bits per heavy atom. The van der Waals surface area contributed by atoms with Crippen LogP contribution in [0.2, 0.25) is 5.02 Å². The largest absolute Gasteiger partial charge is 0.459 e. The molecule has 8 nitrogen and oxygen atoms in total. The van der Waals surface area contributed by atoms with E-state index in [0.717, 1.165) is 10.1 Å². The van der Waals surface area contributed by atoms with Crippen LogP contribution in [0.3, 0.4) is 0 Å². The molecular weight excluding hydrogens is 348 g/mol. The van der Waals surface area contributed by atoms with Crippen molar-refractivity contribution in [3.05, 3.63) is 62.0 Å². The summed E-state index contributed by atoms with van der Waals surface area (Å²) < 4.78 is 8.71. The van der Waals surface area contributed by atoms with Crippen LogP contribution in [0.4, 0.5) is 0 Å². The lowest BCUT2D eigenvalue weighted by atomic mass is 10.2. The molecule has 0 saturated carbocycles. The minimum Gasteiger partial charge on any atom is -0.459 e. The van der Waals surface area contributed by atoms with Gasteiger partial charge < -0.3 is 9.30 Å². The first-order chi connectivity index (χ1) is 11.9. The summed E-state index contributed by atoms with van der Waals surface area (Å²) in [5.74, 6) is -0.685. The third-order valence-corrected chi connectivity index (χ3v) is 4.05. The van der Waals surface area contributed by atoms with E-state index in [1.807, 2.05) is 0 Å². The van der Waals surface area contributed by atoms with E-state index in [9.17, 15) is 14.4 Å². The predicted molar refractivity (Wildman–Crippen MR) is 91.5 cm³/mol. The summed E-state index contributed by atoms with van der Waals surface area (Å²) in [5.41, 5.74) is 0.0529. The molecule has 0 aliphatic heterocycles. The van der Waals surface area contributed by atoms with Gasteiger partial charge in [0.1, 0.15) is 13.2 Å². The van der Waals surface area contributed by atoms with E-state index in [1.54, 1.807) is 31.3 Å². The van der Waals surface area contributed by atoms with Crippen molar-refractivity contribution in [2.45, 2.75) is 13.2 Å². The number of aryl methyl sites for hydroxylation is 2. The molecule has 9 heteroatoms. The van der Waals surface area contributed by atoms with Gasteiger partial charge in [-0.25, -0.2) is 14.3 Å². The molecule has 130 valence electrons. The van der Waals surface area contributed by atoms with Gasteiger partial charge in [-0.15, -0.1) is 0 Å². The van der Waals surface area contributed by atoms with Crippen molar-refractivity contribution in [2.24, 2.45) is 14.1 Å². The van der Waals surface area contributed by atoms with Crippen LogP contribution in [0.5, 0.6) is 0 Å². The number of carbonyl (C=O) groups is 1. The average molecular weight is 363 g/mol. The predicted octanol–water partition coefficient (Wildman–Crippen LogP) is 0.830. The van der Waals surface area contributed by atoms with Gasteiger partial charge in [0.25, 0.3) is 5.56 Å². The number of imidazole rings is 1. The van der Waals surface area contributed by atoms with Crippen LogP contribution in [-0.4, -0.2) is 24.7 Å². The first kappa shape index (κ1) is 17.0. The maximum absolute atomic E-state index is 12.5. The van der Waals surface area contributed by atoms with E-state index in [0.29, 0.717) is 5.02 Å². The van der Waals surface area contributed by atoms with Gasteiger partial charge in [0.15, 0.2) is 11.2 Å². The highest BCUT2D eigenvalue weighted by molar-refractivity contribution is 6.30. The molecule has 0 bridgehead atoms. The molecule has 3 rings (SSSR count). The summed E-state index contributed by atoms with van der Waals surface area (Å²) >= 11 is 5.79. The smallest absolute Gasteiger partial charge is 0.333 e. The van der Waals surface area contributed by atoms with Crippen LogP contribution in [0.15, 0.2) is 40.2 Å². The van der Waals surface area contributed by atoms with Crippen molar-refractivity contribution >= 4 is 28.7 Å². The molecule has 0 fully saturated rings. The van der Waals surface area contributed by atoms with Crippen molar-refractivity contribution in [3.8, 4) is 0 Å². The van der Waals surface area contributed by atoms with E-state index in [1.165, 1.54) is 22.5 Å². The Balaban J connectivity index is 1.84. The summed E-state index contributed by atoms with van der Waals surface area (Å²) in [6.07, 6.45) is 1.44. The van der Waals surface area contributed by atoms with Crippen LogP contribution >= 0.6 is 11.6 Å². The Morgan fingerprint density at radius 2 is 1.88 bits per heavy atom. The van der Waals surface area contributed by atoms with E-state index in [2.05, 4.69) is 4.98 Å². The molecule has 0 radical (unpaired) electrons. The van der Waals surface area contributed by atoms with Crippen LogP contribution in [0.1, 0.15) is 5.56 Å². The molecule has 0 saturated heterocycles. The van der Waals surface area contributed by atoms with E-state index < -0.39 is 23.8 Å². The molecule has 0 atom stereocenters. The molecule has 0 unspecified atom stereocenters. The SMILES string of the molecule is Cn1cnc2c1c(=O)n(CC(=O)OCc1ccc(Cl)cc1)c(=O)n2C. The van der Waals surface area contributed by atoms with Gasteiger partial charge in [-0.05, 0) is 17.7 Å². The second-order valence-corrected chi connectivity index (χ2v) is 5.98. The van der Waals surface area contributed by atoms with Crippen molar-refractivity contribution < 1.29 is 9.53 Å². The Labute approximate surface area is 146 Å². The van der Waals surface area contributed by atoms with Gasteiger partial charge in [-0.2, -0.15) is 0 Å². The Hall–Kier alpha value is -2.87. The number of halogens is 1. The summed E-state index contributed by atoms with van der Waals surface area (Å²) in [6.45, 7) is -0.445. The number of hydrogen-bond acceptors (Lipinski definition) is 5. The summed E-state index contributed by atoms with van der Waals surface area (Å²) in [4.78, 5) is 40.9. The number of aromatic nitrogens is 4. The van der Waals surface area contributed by atoms with Gasteiger partial charge in [0.2, 0.25) is 0 Å². The summed E-state index contributed by atoms with van der Waals surface area (Å²) in [5, 5.41) is 0.578. The number of benzene rings is 1. The molecule has 0 aliphatic rings. The highest BCUT2D eigenvalue weighted by Gasteiger charge is 2.17. The first-order valence-electron chi connectivity index (χ1n) is 7.39. The third-order valence-electron chi connectivity index (χ3n) is 3.80. The lowest BCUT2D eigenvalue weighted by Crippen LogP contribution is -2.41. The van der Waals surface area contributed by atoms with Crippen molar-refractivity contribution in [2.75, 3.05) is 0 Å². The zero-order chi connectivity index (χ0) is 18.1. The molecule has 0 amide bonds. The molecule has 0 aliphatic carbocycles. The number of fused-ring (bicyclic) bond motifs is 1. The summed E-state index contributed by atoms with van der Waals surface area (Å²) in [7, 11) is 3.14. The quantitative estimate of drug-likeness (QED) is 0.641. The van der Waals surface area contributed by atoms with Crippen LogP contribution < -0.4 is 11.2 Å². The van der Waals surface area contributed by atoms with Crippen molar-refractivity contribution in [1.82, 2.24) is 18.7 Å². The number of carbonyl (C=O) groups excluding carboxylic acids is 1. The lowest BCUT2D eigenvalue weighted by Gasteiger charge is -2.09. The molecular formula is C16H15ClN4O4. The minimum atomic E-state index is -0.685. The first-order valence-corrected chi connectivity index (χ1v) is 7.77. The maximum atomic E-state index is 12.5. The molecule has 0 spiro atoms. The highest BCUT2D eigenvalue weighted by atomic mass is 35.5. The number of esters is 1. The molecule has 2 heterocycles. The summed E-state index contributed by atoms with van der Waals surface area (Å²) in [6, 6.07) is 6.81. The average Bonchev–Trinajstić information content (AvgIpc) is 2.98. The molecule has 2 aromatic heterocycles. The maximum Gasteiger partial charge on any atom is 0.333 e. The molecule has 25 heavy (non-hydrogen) atoms. The van der Waals surface area contributed by atoms with Gasteiger partial charge in [-0.1, -0.05) is 23.7 Å². The Bertz CT molecular complexity index is 1060. The standard InChI is InChI=1S/C16H15ClN4O4/c1-19-9-18-14-13(19)15(23)21(16(24)20(14)2)7-12(22)25-8-10-3-5-11(17)6-4-10/h3-6,9H,7-8H2,1-2H3. The fourth-order valence-electron chi connectivity index (χ4n) is 2.45. The number of hydrogen-bond donors (Lipinski definition) is 0. The monoisotopic (exact) mass is 362 g/mol. The second kappa shape index (κ2) is 6.56. The highest BCUT2D eigenvalue weighted by Crippen LogP contribution is 2.10. The number of ether oxygens (including phenoxy) is 1. The molecule has 3 aromatic rings. The second-order valence-electron chi connectivity index (χ2n) is 5.55. The molecule has 1 aromatic carbocycles. The fraction of sp³-hybridized carbons (Fsp3) is 0.250. The molecule has 0 N–H and O–H groups in total. The van der Waals surface area contributed by atoms with E-state index in [-0.39, 0.29) is 17.8 Å². The third kappa shape index (κ3) is 3.20. The Morgan fingerprint density at radius 3 is 2.56 bits per heavy atom. The number of rotatable bonds is 4. The van der Waals surface area contributed by atoms with Crippen LogP contribution in [-0.2, 0) is 36.8 Å². The van der Waals surface area contributed by atoms with E-state index >= 15 is 0 Å². The normalized spacial score (nSPS) is 11.0. The fourth-order valence-corrected chi connectivity index (χ4v) is 2.58. The van der Waals surface area contributed by atoms with Crippen molar-refractivity contribution in [3.63, 3.8) is 0 Å². The number of nitrogens with zero attached hydrogens (tertiary/aromatic N) is 4. The van der Waals surface area contributed by atoms with Gasteiger partial charge in [0.05, 0.1) is 6.33 Å². The van der Waals surface area contributed by atoms with Gasteiger partial charge in [0, 0.05) is 19.1 Å². The Kier molecular flexibility index (Phi) is 4.45. The van der Waals surface area contributed by atoms with Crippen LogP contribution in [0.25, 0.3) is 11.2 Å². The minimum absolute atomic E-state index is 0.0268. The topological polar surface area (TPSA) is 88.1 Å². The van der Waals surface area contributed by atoms with Crippen LogP contribution in [0, 0.1) is 0 Å². The zero-order valence-corrected chi connectivity index (χ0v) is 14.4. The van der Waals surface area contributed by atoms with Gasteiger partial charge >= 0.3 is 11.7 Å². The van der Waals surface area contributed by atoms with E-state index in [4.69, 9.17) is 16.3 Å². The van der Waals surface area contributed by atoms with Gasteiger partial charge in [-0.3, -0.25) is 14.2 Å². The van der Waals surface area contributed by atoms with Crippen molar-refractivity contribution in [1.29, 1.82) is 0 Å².